The predicted octanol–water partition coefficient (Wildman–Crippen LogP) is 3.44. The molecule has 24 heavy (non-hydrogen) atoms. The number of nitrogens with zero attached hydrogens (tertiary/aromatic N) is 3. The minimum absolute atomic E-state index is 0.209. The van der Waals surface area contributed by atoms with Crippen LogP contribution in [0.5, 0.6) is 11.5 Å². The Balaban J connectivity index is 2.19. The van der Waals surface area contributed by atoms with Crippen LogP contribution in [0, 0.1) is 0 Å². The zero-order valence-corrected chi connectivity index (χ0v) is 15.5. The Bertz CT molecular complexity index is 677. The molecule has 6 nitrogen and oxygen atoms in total. The Morgan fingerprint density at radius 1 is 1.08 bits per heavy atom. The summed E-state index contributed by atoms with van der Waals surface area (Å²) in [6.07, 6.45) is 1.03. The molecule has 1 N–H and O–H groups in total. The Morgan fingerprint density at radius 3 is 2.38 bits per heavy atom. The van der Waals surface area contributed by atoms with Crippen LogP contribution in [-0.2, 0) is 0 Å². The third-order valence-corrected chi connectivity index (χ3v) is 4.18. The van der Waals surface area contributed by atoms with Gasteiger partial charge < -0.3 is 19.7 Å². The molecule has 0 saturated heterocycles. The summed E-state index contributed by atoms with van der Waals surface area (Å²) in [6.45, 7) is 8.34. The first kappa shape index (κ1) is 18.5. The van der Waals surface area contributed by atoms with Gasteiger partial charge in [-0.15, -0.1) is 0 Å². The van der Waals surface area contributed by atoms with Crippen molar-refractivity contribution in [3.8, 4) is 11.5 Å². The van der Waals surface area contributed by atoms with Crippen LogP contribution in [0.15, 0.2) is 12.1 Å². The summed E-state index contributed by atoms with van der Waals surface area (Å²) in [4.78, 5) is 11.0. The number of ether oxygens (including phenoxy) is 2. The highest BCUT2D eigenvalue weighted by molar-refractivity contribution is 6.28. The highest BCUT2D eigenvalue weighted by Gasteiger charge is 2.12. The van der Waals surface area contributed by atoms with Crippen molar-refractivity contribution in [1.82, 2.24) is 14.9 Å². The minimum Gasteiger partial charge on any atom is -0.493 e. The number of aromatic nitrogens is 2. The van der Waals surface area contributed by atoms with Gasteiger partial charge in [-0.25, -0.2) is 9.97 Å². The smallest absolute Gasteiger partial charge is 0.224 e. The molecule has 1 aromatic heterocycles. The molecule has 132 valence electrons. The van der Waals surface area contributed by atoms with Crippen molar-refractivity contribution in [2.24, 2.45) is 0 Å². The van der Waals surface area contributed by atoms with E-state index < -0.39 is 0 Å². The number of nitrogens with one attached hydrogen (secondary N) is 1. The maximum Gasteiger partial charge on any atom is 0.224 e. The van der Waals surface area contributed by atoms with Gasteiger partial charge in [0.25, 0.3) is 0 Å². The van der Waals surface area contributed by atoms with E-state index in [4.69, 9.17) is 21.1 Å². The average molecular weight is 353 g/mol. The molecular formula is C17H25ClN4O2. The van der Waals surface area contributed by atoms with Crippen LogP contribution < -0.4 is 14.8 Å². The molecule has 2 rings (SSSR count). The van der Waals surface area contributed by atoms with E-state index in [0.29, 0.717) is 17.3 Å². The Kier molecular flexibility index (Phi) is 6.87. The lowest BCUT2D eigenvalue weighted by atomic mass is 10.2. The van der Waals surface area contributed by atoms with E-state index in [9.17, 15) is 0 Å². The number of benzene rings is 1. The summed E-state index contributed by atoms with van der Waals surface area (Å²) < 4.78 is 10.7. The molecule has 2 aromatic rings. The van der Waals surface area contributed by atoms with E-state index in [2.05, 4.69) is 34.0 Å². The Hall–Kier alpha value is -1.79. The molecule has 0 aliphatic rings. The number of fused-ring (bicyclic) bond motifs is 1. The summed E-state index contributed by atoms with van der Waals surface area (Å²) in [5.74, 6) is 1.97. The second-order valence-electron chi connectivity index (χ2n) is 5.37. The van der Waals surface area contributed by atoms with Crippen LogP contribution in [-0.4, -0.2) is 55.3 Å². The van der Waals surface area contributed by atoms with Crippen LogP contribution in [0.25, 0.3) is 10.9 Å². The van der Waals surface area contributed by atoms with E-state index in [1.165, 1.54) is 0 Å². The number of rotatable bonds is 9. The van der Waals surface area contributed by atoms with Gasteiger partial charge in [-0.05, 0) is 43.7 Å². The fourth-order valence-corrected chi connectivity index (χ4v) is 2.79. The van der Waals surface area contributed by atoms with Crippen molar-refractivity contribution in [3.63, 3.8) is 0 Å². The number of hydrogen-bond donors (Lipinski definition) is 1. The van der Waals surface area contributed by atoms with Crippen molar-refractivity contribution in [2.45, 2.75) is 20.3 Å². The second kappa shape index (κ2) is 8.89. The fourth-order valence-electron chi connectivity index (χ4n) is 2.61. The molecule has 0 atom stereocenters. The predicted molar refractivity (Wildman–Crippen MR) is 98.5 cm³/mol. The van der Waals surface area contributed by atoms with Crippen molar-refractivity contribution >= 4 is 28.3 Å². The number of hydrogen-bond acceptors (Lipinski definition) is 6. The number of methoxy groups -OCH3 is 2. The van der Waals surface area contributed by atoms with Crippen molar-refractivity contribution in [2.75, 3.05) is 45.7 Å². The molecule has 0 aliphatic heterocycles. The third kappa shape index (κ3) is 4.39. The maximum atomic E-state index is 6.06. The van der Waals surface area contributed by atoms with Crippen molar-refractivity contribution < 1.29 is 9.47 Å². The first-order valence-corrected chi connectivity index (χ1v) is 8.56. The molecule has 0 fully saturated rings. The van der Waals surface area contributed by atoms with Gasteiger partial charge in [-0.2, -0.15) is 0 Å². The molecule has 0 amide bonds. The molecule has 0 unspecified atom stereocenters. The zero-order chi connectivity index (χ0) is 17.5. The lowest BCUT2D eigenvalue weighted by Gasteiger charge is -2.18. The van der Waals surface area contributed by atoms with E-state index in [0.717, 1.165) is 43.5 Å². The minimum atomic E-state index is 0.209. The number of anilines is 1. The third-order valence-electron chi connectivity index (χ3n) is 4.01. The van der Waals surface area contributed by atoms with Gasteiger partial charge in [0.05, 0.1) is 19.7 Å². The van der Waals surface area contributed by atoms with E-state index in [1.807, 2.05) is 12.1 Å². The highest BCUT2D eigenvalue weighted by Crippen LogP contribution is 2.34. The summed E-state index contributed by atoms with van der Waals surface area (Å²) in [5, 5.41) is 4.43. The van der Waals surface area contributed by atoms with Gasteiger partial charge in [0.1, 0.15) is 5.82 Å². The van der Waals surface area contributed by atoms with Crippen LogP contribution in [0.4, 0.5) is 5.82 Å². The molecule has 0 radical (unpaired) electrons. The van der Waals surface area contributed by atoms with E-state index in [-0.39, 0.29) is 5.28 Å². The number of halogens is 1. The molecule has 0 saturated carbocycles. The monoisotopic (exact) mass is 352 g/mol. The van der Waals surface area contributed by atoms with Crippen LogP contribution in [0.3, 0.4) is 0 Å². The molecule has 0 bridgehead atoms. The molecular weight excluding hydrogens is 328 g/mol. The lowest BCUT2D eigenvalue weighted by Crippen LogP contribution is -2.25. The highest BCUT2D eigenvalue weighted by atomic mass is 35.5. The summed E-state index contributed by atoms with van der Waals surface area (Å²) >= 11 is 6.06. The summed E-state index contributed by atoms with van der Waals surface area (Å²) in [6, 6.07) is 3.68. The van der Waals surface area contributed by atoms with Crippen LogP contribution in [0.1, 0.15) is 20.3 Å². The first-order chi connectivity index (χ1) is 11.6. The standard InChI is InChI=1S/C17H25ClN4O2/c1-5-22(6-2)9-7-8-19-16-12-10-14(23-3)15(24-4)11-13(12)20-17(18)21-16/h10-11H,5-9H2,1-4H3,(H,19,20,21). The van der Waals surface area contributed by atoms with Gasteiger partial charge in [0.2, 0.25) is 5.28 Å². The SMILES string of the molecule is CCN(CC)CCCNc1nc(Cl)nc2cc(OC)c(OC)cc12. The Labute approximate surface area is 148 Å². The Morgan fingerprint density at radius 2 is 1.75 bits per heavy atom. The van der Waals surface area contributed by atoms with Crippen LogP contribution in [0.2, 0.25) is 5.28 Å². The van der Waals surface area contributed by atoms with Gasteiger partial charge in [-0.3, -0.25) is 0 Å². The lowest BCUT2D eigenvalue weighted by molar-refractivity contribution is 0.303. The largest absolute Gasteiger partial charge is 0.493 e. The van der Waals surface area contributed by atoms with E-state index in [1.54, 1.807) is 14.2 Å². The molecule has 7 heteroatoms. The normalized spacial score (nSPS) is 11.1. The second-order valence-corrected chi connectivity index (χ2v) is 5.71. The zero-order valence-electron chi connectivity index (χ0n) is 14.7. The fraction of sp³-hybridized carbons (Fsp3) is 0.529. The van der Waals surface area contributed by atoms with Crippen LogP contribution >= 0.6 is 11.6 Å². The topological polar surface area (TPSA) is 59.5 Å². The molecule has 0 aliphatic carbocycles. The van der Waals surface area contributed by atoms with Crippen molar-refractivity contribution in [3.05, 3.63) is 17.4 Å². The summed E-state index contributed by atoms with van der Waals surface area (Å²) in [7, 11) is 3.20. The van der Waals surface area contributed by atoms with Gasteiger partial charge >= 0.3 is 0 Å². The molecule has 0 spiro atoms. The summed E-state index contributed by atoms with van der Waals surface area (Å²) in [5.41, 5.74) is 0.721. The quantitative estimate of drug-likeness (QED) is 0.551. The maximum absolute atomic E-state index is 6.06. The van der Waals surface area contributed by atoms with Gasteiger partial charge in [0, 0.05) is 18.0 Å². The van der Waals surface area contributed by atoms with Gasteiger partial charge in [0.15, 0.2) is 11.5 Å². The van der Waals surface area contributed by atoms with Gasteiger partial charge in [-0.1, -0.05) is 13.8 Å². The van der Waals surface area contributed by atoms with Crippen molar-refractivity contribution in [1.29, 1.82) is 0 Å². The molecule has 1 heterocycles. The molecule has 1 aromatic carbocycles. The average Bonchev–Trinajstić information content (AvgIpc) is 2.60. The van der Waals surface area contributed by atoms with E-state index >= 15 is 0 Å². The first-order valence-electron chi connectivity index (χ1n) is 8.18.